The van der Waals surface area contributed by atoms with Gasteiger partial charge in [-0.15, -0.1) is 0 Å². The predicted octanol–water partition coefficient (Wildman–Crippen LogP) is 3.99. The highest BCUT2D eigenvalue weighted by molar-refractivity contribution is 9.10. The minimum absolute atomic E-state index is 0.336. The molecule has 1 heterocycles. The molecule has 2 aromatic carbocycles. The minimum atomic E-state index is -0.399. The summed E-state index contributed by atoms with van der Waals surface area (Å²) in [7, 11) is 0. The molecule has 1 aliphatic rings. The molecule has 0 atom stereocenters. The molecular weight excluding hydrogens is 330 g/mol. The number of carbonyl (C=O) groups excluding carboxylic acids is 1. The molecule has 3 nitrogen and oxygen atoms in total. The number of carbonyl (C=O) groups is 1. The number of halogens is 1. The van der Waals surface area contributed by atoms with Gasteiger partial charge in [0.2, 0.25) is 5.90 Å². The van der Waals surface area contributed by atoms with Gasteiger partial charge in [0.05, 0.1) is 0 Å². The monoisotopic (exact) mass is 341 g/mol. The molecule has 0 saturated heterocycles. The first-order chi connectivity index (χ1) is 10.2. The van der Waals surface area contributed by atoms with E-state index < -0.39 is 5.97 Å². The van der Waals surface area contributed by atoms with Crippen LogP contribution in [0.4, 0.5) is 0 Å². The van der Waals surface area contributed by atoms with Gasteiger partial charge in [0.25, 0.3) is 0 Å². The Bertz CT molecular complexity index is 718. The van der Waals surface area contributed by atoms with E-state index in [-0.39, 0.29) is 0 Å². The van der Waals surface area contributed by atoms with E-state index in [1.54, 1.807) is 6.08 Å². The molecule has 0 aromatic heterocycles. The Hall–Kier alpha value is -2.20. The average molecular weight is 342 g/mol. The lowest BCUT2D eigenvalue weighted by Crippen LogP contribution is -2.06. The largest absolute Gasteiger partial charge is 0.406 e. The van der Waals surface area contributed by atoms with Crippen molar-refractivity contribution in [1.29, 1.82) is 0 Å². The second-order valence-corrected chi connectivity index (χ2v) is 5.55. The Kier molecular flexibility index (Phi) is 3.97. The molecule has 1 aliphatic heterocycles. The topological polar surface area (TPSA) is 38.7 Å². The molecule has 0 N–H and O–H groups in total. The van der Waals surface area contributed by atoms with Crippen LogP contribution in [0.1, 0.15) is 11.1 Å². The standard InChI is InChI=1S/C17H12BrNO2/c18-14-8-6-13(7-9-14)10-15-17(20)21-16(19-15)11-12-4-2-1-3-5-12/h1-10H,11H2/b15-10+. The zero-order valence-corrected chi connectivity index (χ0v) is 12.7. The quantitative estimate of drug-likeness (QED) is 0.625. The van der Waals surface area contributed by atoms with Crippen molar-refractivity contribution in [3.8, 4) is 0 Å². The molecular formula is C17H12BrNO2. The maximum absolute atomic E-state index is 11.8. The Morgan fingerprint density at radius 2 is 1.76 bits per heavy atom. The van der Waals surface area contributed by atoms with Crippen molar-refractivity contribution in [2.75, 3.05) is 0 Å². The van der Waals surface area contributed by atoms with Crippen LogP contribution in [0.25, 0.3) is 6.08 Å². The fraction of sp³-hybridized carbons (Fsp3) is 0.0588. The van der Waals surface area contributed by atoms with Crippen molar-refractivity contribution < 1.29 is 9.53 Å². The summed E-state index contributed by atoms with van der Waals surface area (Å²) in [6, 6.07) is 17.5. The van der Waals surface area contributed by atoms with E-state index in [1.807, 2.05) is 54.6 Å². The first kappa shape index (κ1) is 13.8. The molecule has 0 spiro atoms. The number of rotatable bonds is 3. The molecule has 0 unspecified atom stereocenters. The molecule has 104 valence electrons. The number of ether oxygens (including phenoxy) is 1. The Labute approximate surface area is 131 Å². The lowest BCUT2D eigenvalue weighted by atomic mass is 10.1. The number of aliphatic imine (C=N–C) groups is 1. The van der Waals surface area contributed by atoms with Gasteiger partial charge in [-0.3, -0.25) is 0 Å². The molecule has 0 radical (unpaired) electrons. The number of nitrogens with zero attached hydrogens (tertiary/aromatic N) is 1. The molecule has 0 amide bonds. The highest BCUT2D eigenvalue weighted by atomic mass is 79.9. The highest BCUT2D eigenvalue weighted by Gasteiger charge is 2.22. The number of benzene rings is 2. The SMILES string of the molecule is O=C1OC(Cc2ccccc2)=N/C1=C/c1ccc(Br)cc1. The van der Waals surface area contributed by atoms with Crippen molar-refractivity contribution in [2.45, 2.75) is 6.42 Å². The third-order valence-corrected chi connectivity index (χ3v) is 3.57. The van der Waals surface area contributed by atoms with Gasteiger partial charge in [-0.1, -0.05) is 58.4 Å². The molecule has 3 rings (SSSR count). The number of hydrogen-bond acceptors (Lipinski definition) is 3. The van der Waals surface area contributed by atoms with E-state index in [9.17, 15) is 4.79 Å². The fourth-order valence-electron chi connectivity index (χ4n) is 2.02. The molecule has 2 aromatic rings. The second kappa shape index (κ2) is 6.06. The van der Waals surface area contributed by atoms with E-state index in [2.05, 4.69) is 20.9 Å². The number of esters is 1. The fourth-order valence-corrected chi connectivity index (χ4v) is 2.28. The van der Waals surface area contributed by atoms with E-state index >= 15 is 0 Å². The molecule has 21 heavy (non-hydrogen) atoms. The third kappa shape index (κ3) is 3.47. The van der Waals surface area contributed by atoms with Crippen molar-refractivity contribution in [1.82, 2.24) is 0 Å². The van der Waals surface area contributed by atoms with Gasteiger partial charge in [0, 0.05) is 10.9 Å². The van der Waals surface area contributed by atoms with Crippen molar-refractivity contribution in [3.63, 3.8) is 0 Å². The lowest BCUT2D eigenvalue weighted by Gasteiger charge is -1.98. The zero-order chi connectivity index (χ0) is 14.7. The van der Waals surface area contributed by atoms with Gasteiger partial charge >= 0.3 is 5.97 Å². The summed E-state index contributed by atoms with van der Waals surface area (Å²) in [6.07, 6.45) is 2.25. The van der Waals surface area contributed by atoms with Crippen molar-refractivity contribution >= 4 is 33.9 Å². The number of hydrogen-bond donors (Lipinski definition) is 0. The minimum Gasteiger partial charge on any atom is -0.406 e. The summed E-state index contributed by atoms with van der Waals surface area (Å²) in [4.78, 5) is 16.1. The summed E-state index contributed by atoms with van der Waals surface area (Å²) < 4.78 is 6.20. The van der Waals surface area contributed by atoms with Crippen molar-refractivity contribution in [2.24, 2.45) is 4.99 Å². The first-order valence-electron chi connectivity index (χ1n) is 6.52. The van der Waals surface area contributed by atoms with Crippen LogP contribution < -0.4 is 0 Å². The van der Waals surface area contributed by atoms with Gasteiger partial charge in [0.15, 0.2) is 5.70 Å². The second-order valence-electron chi connectivity index (χ2n) is 4.64. The van der Waals surface area contributed by atoms with Gasteiger partial charge in [-0.05, 0) is 29.3 Å². The van der Waals surface area contributed by atoms with Gasteiger partial charge in [-0.25, -0.2) is 9.79 Å². The van der Waals surface area contributed by atoms with E-state index in [1.165, 1.54) is 0 Å². The maximum Gasteiger partial charge on any atom is 0.363 e. The van der Waals surface area contributed by atoms with Gasteiger partial charge in [-0.2, -0.15) is 0 Å². The normalized spacial score (nSPS) is 16.0. The van der Waals surface area contributed by atoms with Crippen molar-refractivity contribution in [3.05, 3.63) is 75.9 Å². The maximum atomic E-state index is 11.8. The summed E-state index contributed by atoms with van der Waals surface area (Å²) >= 11 is 3.38. The summed E-state index contributed by atoms with van der Waals surface area (Å²) in [5.74, 6) is 0.0402. The molecule has 0 saturated carbocycles. The predicted molar refractivity (Wildman–Crippen MR) is 85.8 cm³/mol. The van der Waals surface area contributed by atoms with Crippen LogP contribution in [0.15, 0.2) is 69.8 Å². The van der Waals surface area contributed by atoms with Gasteiger partial charge in [0.1, 0.15) is 0 Å². The van der Waals surface area contributed by atoms with Crippen LogP contribution in [0, 0.1) is 0 Å². The smallest absolute Gasteiger partial charge is 0.363 e. The average Bonchev–Trinajstić information content (AvgIpc) is 2.82. The van der Waals surface area contributed by atoms with E-state index in [0.29, 0.717) is 18.0 Å². The molecule has 0 aliphatic carbocycles. The van der Waals surface area contributed by atoms with Gasteiger partial charge < -0.3 is 4.74 Å². The van der Waals surface area contributed by atoms with E-state index in [4.69, 9.17) is 4.74 Å². The van der Waals surface area contributed by atoms with E-state index in [0.717, 1.165) is 15.6 Å². The molecule has 4 heteroatoms. The van der Waals surface area contributed by atoms with Crippen LogP contribution in [0.5, 0.6) is 0 Å². The van der Waals surface area contributed by atoms with Crippen LogP contribution in [0.2, 0.25) is 0 Å². The highest BCUT2D eigenvalue weighted by Crippen LogP contribution is 2.19. The summed E-state index contributed by atoms with van der Waals surface area (Å²) in [6.45, 7) is 0. The Balaban J connectivity index is 1.80. The Morgan fingerprint density at radius 1 is 1.05 bits per heavy atom. The lowest BCUT2D eigenvalue weighted by molar-refractivity contribution is -0.130. The third-order valence-electron chi connectivity index (χ3n) is 3.04. The van der Waals surface area contributed by atoms with Crippen LogP contribution >= 0.6 is 15.9 Å². The summed E-state index contributed by atoms with van der Waals surface area (Å²) in [5.41, 5.74) is 2.31. The van der Waals surface area contributed by atoms with Crippen LogP contribution in [0.3, 0.4) is 0 Å². The summed E-state index contributed by atoms with van der Waals surface area (Å²) in [5, 5.41) is 0. The number of cyclic esters (lactones) is 1. The van der Waals surface area contributed by atoms with Crippen LogP contribution in [-0.2, 0) is 16.0 Å². The Morgan fingerprint density at radius 3 is 2.48 bits per heavy atom. The molecule has 0 bridgehead atoms. The zero-order valence-electron chi connectivity index (χ0n) is 11.1. The molecule has 0 fully saturated rings. The van der Waals surface area contributed by atoms with Crippen LogP contribution in [-0.4, -0.2) is 11.9 Å². The first-order valence-corrected chi connectivity index (χ1v) is 7.31.